The van der Waals surface area contributed by atoms with E-state index >= 15 is 0 Å². The molecule has 0 fully saturated rings. The molecular weight excluding hydrogens is 327 g/mol. The first-order chi connectivity index (χ1) is 11.6. The zero-order chi connectivity index (χ0) is 16.7. The molecule has 7 heteroatoms. The number of fused-ring (bicyclic) bond motifs is 1. The Labute approximate surface area is 140 Å². The highest BCUT2D eigenvalue weighted by molar-refractivity contribution is 7.17. The van der Waals surface area contributed by atoms with E-state index in [0.717, 1.165) is 16.8 Å². The molecule has 0 saturated carbocycles. The Morgan fingerprint density at radius 1 is 1.29 bits per heavy atom. The number of nitrogens with one attached hydrogen (secondary N) is 1. The molecule has 5 nitrogen and oxygen atoms in total. The highest BCUT2D eigenvalue weighted by atomic mass is 32.1. The zero-order valence-corrected chi connectivity index (χ0v) is 13.6. The molecule has 0 bridgehead atoms. The summed E-state index contributed by atoms with van der Waals surface area (Å²) in [5.41, 5.74) is 2.36. The van der Waals surface area contributed by atoms with E-state index in [1.807, 2.05) is 17.0 Å². The average Bonchev–Trinajstić information content (AvgIpc) is 3.15. The number of aromatic amines is 1. The van der Waals surface area contributed by atoms with Crippen molar-refractivity contribution in [2.75, 3.05) is 0 Å². The van der Waals surface area contributed by atoms with Gasteiger partial charge in [0.2, 0.25) is 0 Å². The monoisotopic (exact) mass is 340 g/mol. The van der Waals surface area contributed by atoms with Gasteiger partial charge in [-0.3, -0.25) is 4.79 Å². The fourth-order valence-electron chi connectivity index (χ4n) is 2.65. The molecule has 0 radical (unpaired) electrons. The number of benzene rings is 1. The van der Waals surface area contributed by atoms with Crippen LogP contribution in [0.5, 0.6) is 0 Å². The fourth-order valence-corrected chi connectivity index (χ4v) is 3.61. The minimum atomic E-state index is -0.302. The van der Waals surface area contributed by atoms with E-state index in [-0.39, 0.29) is 11.4 Å². The van der Waals surface area contributed by atoms with Crippen LogP contribution >= 0.6 is 11.3 Å². The first kappa shape index (κ1) is 14.8. The number of halogens is 1. The van der Waals surface area contributed by atoms with Gasteiger partial charge in [-0.25, -0.2) is 14.4 Å². The molecule has 120 valence electrons. The maximum atomic E-state index is 13.1. The van der Waals surface area contributed by atoms with Crippen molar-refractivity contribution in [1.82, 2.24) is 19.5 Å². The van der Waals surface area contributed by atoms with E-state index in [9.17, 15) is 9.18 Å². The summed E-state index contributed by atoms with van der Waals surface area (Å²) in [5.74, 6) is 0.299. The summed E-state index contributed by atoms with van der Waals surface area (Å²) in [4.78, 5) is 24.7. The number of rotatable bonds is 3. The molecule has 0 unspecified atom stereocenters. The zero-order valence-electron chi connectivity index (χ0n) is 12.8. The van der Waals surface area contributed by atoms with Crippen LogP contribution < -0.4 is 5.56 Å². The van der Waals surface area contributed by atoms with Gasteiger partial charge in [-0.05, 0) is 17.7 Å². The van der Waals surface area contributed by atoms with Gasteiger partial charge in [-0.15, -0.1) is 11.3 Å². The third-order valence-corrected chi connectivity index (χ3v) is 4.79. The third kappa shape index (κ3) is 2.52. The Kier molecular flexibility index (Phi) is 3.50. The third-order valence-electron chi connectivity index (χ3n) is 3.91. The second kappa shape index (κ2) is 5.68. The summed E-state index contributed by atoms with van der Waals surface area (Å²) in [7, 11) is 1.90. The van der Waals surface area contributed by atoms with Crippen molar-refractivity contribution < 1.29 is 4.39 Å². The lowest BCUT2D eigenvalue weighted by atomic mass is 10.1. The first-order valence-electron chi connectivity index (χ1n) is 7.33. The molecule has 3 heterocycles. The van der Waals surface area contributed by atoms with E-state index in [4.69, 9.17) is 0 Å². The van der Waals surface area contributed by atoms with Gasteiger partial charge in [0.05, 0.1) is 11.7 Å². The molecule has 3 aromatic heterocycles. The van der Waals surface area contributed by atoms with Crippen molar-refractivity contribution in [2.24, 2.45) is 7.05 Å². The Bertz CT molecular complexity index is 1080. The predicted octanol–water partition coefficient (Wildman–Crippen LogP) is 3.12. The molecule has 0 aliphatic heterocycles. The van der Waals surface area contributed by atoms with Crippen molar-refractivity contribution in [1.29, 1.82) is 0 Å². The van der Waals surface area contributed by atoms with Crippen LogP contribution in [-0.4, -0.2) is 19.5 Å². The Balaban J connectivity index is 1.79. The number of aromatic nitrogens is 4. The number of hydrogen-bond donors (Lipinski definition) is 1. The molecule has 0 amide bonds. The second-order valence-corrected chi connectivity index (χ2v) is 6.38. The normalized spacial score (nSPS) is 11.2. The van der Waals surface area contributed by atoms with E-state index in [1.165, 1.54) is 23.5 Å². The number of thiophene rings is 1. The Morgan fingerprint density at radius 2 is 2.08 bits per heavy atom. The molecule has 1 N–H and O–H groups in total. The molecule has 0 atom stereocenters. The van der Waals surface area contributed by atoms with Gasteiger partial charge in [0.1, 0.15) is 16.5 Å². The quantitative estimate of drug-likeness (QED) is 0.623. The lowest BCUT2D eigenvalue weighted by molar-refractivity contribution is 0.628. The lowest BCUT2D eigenvalue weighted by Gasteiger charge is -2.03. The van der Waals surface area contributed by atoms with Gasteiger partial charge in [0, 0.05) is 36.3 Å². The van der Waals surface area contributed by atoms with Crippen molar-refractivity contribution in [3.63, 3.8) is 0 Å². The van der Waals surface area contributed by atoms with Gasteiger partial charge in [-0.1, -0.05) is 12.1 Å². The molecule has 24 heavy (non-hydrogen) atoms. The molecule has 0 aliphatic rings. The number of imidazole rings is 1. The molecule has 1 aromatic carbocycles. The largest absolute Gasteiger partial charge is 0.337 e. The summed E-state index contributed by atoms with van der Waals surface area (Å²) in [5, 5.41) is 2.42. The van der Waals surface area contributed by atoms with Crippen LogP contribution in [0, 0.1) is 5.82 Å². The fraction of sp³-hybridized carbons (Fsp3) is 0.118. The van der Waals surface area contributed by atoms with Gasteiger partial charge in [0.15, 0.2) is 0 Å². The maximum Gasteiger partial charge on any atom is 0.260 e. The standard InChI is InChI=1S/C17H13FN4OS/c1-22-9-19-7-12(22)6-14-20-16(23)15-13(8-24-17(15)21-14)10-2-4-11(18)5-3-10/h2-5,7-9H,6H2,1H3,(H,20,21,23). The average molecular weight is 340 g/mol. The van der Waals surface area contributed by atoms with E-state index < -0.39 is 0 Å². The number of hydrogen-bond acceptors (Lipinski definition) is 4. The summed E-state index contributed by atoms with van der Waals surface area (Å²) in [6.45, 7) is 0. The number of aryl methyl sites for hydroxylation is 1. The van der Waals surface area contributed by atoms with Gasteiger partial charge in [0.25, 0.3) is 5.56 Å². The lowest BCUT2D eigenvalue weighted by Crippen LogP contribution is -2.12. The highest BCUT2D eigenvalue weighted by Crippen LogP contribution is 2.30. The predicted molar refractivity (Wildman–Crippen MR) is 91.6 cm³/mol. The van der Waals surface area contributed by atoms with Gasteiger partial charge >= 0.3 is 0 Å². The van der Waals surface area contributed by atoms with Gasteiger partial charge < -0.3 is 9.55 Å². The minimum absolute atomic E-state index is 0.183. The van der Waals surface area contributed by atoms with E-state index in [0.29, 0.717) is 22.5 Å². The van der Waals surface area contributed by atoms with Crippen LogP contribution in [0.4, 0.5) is 4.39 Å². The van der Waals surface area contributed by atoms with Crippen LogP contribution in [-0.2, 0) is 13.5 Å². The maximum absolute atomic E-state index is 13.1. The van der Waals surface area contributed by atoms with Gasteiger partial charge in [-0.2, -0.15) is 0 Å². The van der Waals surface area contributed by atoms with Crippen LogP contribution in [0.2, 0.25) is 0 Å². The topological polar surface area (TPSA) is 63.6 Å². The molecule has 4 aromatic rings. The summed E-state index contributed by atoms with van der Waals surface area (Å²) in [6, 6.07) is 6.11. The molecule has 0 saturated heterocycles. The SMILES string of the molecule is Cn1cncc1Cc1nc2scc(-c3ccc(F)cc3)c2c(=O)[nH]1. The summed E-state index contributed by atoms with van der Waals surface area (Å²) < 4.78 is 15.0. The summed E-state index contributed by atoms with van der Waals surface area (Å²) in [6.07, 6.45) is 3.97. The molecule has 0 aliphatic carbocycles. The summed E-state index contributed by atoms with van der Waals surface area (Å²) >= 11 is 1.41. The van der Waals surface area contributed by atoms with E-state index in [2.05, 4.69) is 15.0 Å². The first-order valence-corrected chi connectivity index (χ1v) is 8.21. The van der Waals surface area contributed by atoms with Crippen molar-refractivity contribution in [2.45, 2.75) is 6.42 Å². The number of H-pyrrole nitrogens is 1. The smallest absolute Gasteiger partial charge is 0.260 e. The van der Waals surface area contributed by atoms with Crippen LogP contribution in [0.25, 0.3) is 21.3 Å². The van der Waals surface area contributed by atoms with Crippen molar-refractivity contribution in [3.05, 3.63) is 69.9 Å². The van der Waals surface area contributed by atoms with Crippen LogP contribution in [0.1, 0.15) is 11.5 Å². The molecule has 4 rings (SSSR count). The Hall–Kier alpha value is -2.80. The van der Waals surface area contributed by atoms with E-state index in [1.54, 1.807) is 24.7 Å². The van der Waals surface area contributed by atoms with Crippen molar-refractivity contribution >= 4 is 21.6 Å². The molecular formula is C17H13FN4OS. The van der Waals surface area contributed by atoms with Crippen molar-refractivity contribution in [3.8, 4) is 11.1 Å². The molecule has 0 spiro atoms. The highest BCUT2D eigenvalue weighted by Gasteiger charge is 2.13. The van der Waals surface area contributed by atoms with Crippen LogP contribution in [0.15, 0.2) is 47.0 Å². The number of nitrogens with zero attached hydrogens (tertiary/aromatic N) is 3. The Morgan fingerprint density at radius 3 is 2.79 bits per heavy atom. The minimum Gasteiger partial charge on any atom is -0.337 e. The second-order valence-electron chi connectivity index (χ2n) is 5.52. The van der Waals surface area contributed by atoms with Crippen LogP contribution in [0.3, 0.4) is 0 Å².